The molecule has 0 bridgehead atoms. The molecule has 0 fully saturated rings. The topological polar surface area (TPSA) is 76.7 Å². The van der Waals surface area contributed by atoms with E-state index in [4.69, 9.17) is 5.73 Å². The first kappa shape index (κ1) is 13.7. The highest BCUT2D eigenvalue weighted by Crippen LogP contribution is 2.33. The molecule has 1 aromatic heterocycles. The fraction of sp³-hybridized carbons (Fsp3) is 0.400. The number of fused-ring (bicyclic) bond motifs is 1. The number of benzene rings is 1. The van der Waals surface area contributed by atoms with Crippen LogP contribution in [0.25, 0.3) is 0 Å². The monoisotopic (exact) mass is 287 g/mol. The Morgan fingerprint density at radius 1 is 1.33 bits per heavy atom. The predicted molar refractivity (Wildman–Crippen MR) is 79.5 cm³/mol. The first-order valence-corrected chi connectivity index (χ1v) is 7.17. The Morgan fingerprint density at radius 2 is 2.14 bits per heavy atom. The number of rotatable bonds is 4. The maximum atomic E-state index is 13.7. The second-order valence-corrected chi connectivity index (χ2v) is 5.19. The van der Waals surface area contributed by atoms with Gasteiger partial charge in [0.25, 0.3) is 0 Å². The number of aryl methyl sites for hydroxylation is 1. The average molecular weight is 287 g/mol. The van der Waals surface area contributed by atoms with Crippen LogP contribution in [0.2, 0.25) is 0 Å². The number of hydrogen-bond acceptors (Lipinski definition) is 5. The molecule has 0 amide bonds. The standard InChI is InChI=1S/C15H18FN5/c1-2-11(16)13-19-14(17)21-15(20-13)18-12-8-7-9-5-3-4-6-10(9)12/h3-6,11-12H,2,7-8H2,1H3,(H3,17,18,19,20,21). The minimum absolute atomic E-state index is 0.0462. The lowest BCUT2D eigenvalue weighted by molar-refractivity contribution is 0.318. The first-order valence-electron chi connectivity index (χ1n) is 7.17. The first-order chi connectivity index (χ1) is 10.2. The third kappa shape index (κ3) is 2.79. The van der Waals surface area contributed by atoms with Gasteiger partial charge in [-0.05, 0) is 30.4 Å². The van der Waals surface area contributed by atoms with Crippen molar-refractivity contribution in [2.45, 2.75) is 38.4 Å². The third-order valence-corrected chi connectivity index (χ3v) is 3.74. The average Bonchev–Trinajstić information content (AvgIpc) is 2.89. The van der Waals surface area contributed by atoms with E-state index in [1.165, 1.54) is 11.1 Å². The normalized spacial score (nSPS) is 18.3. The molecule has 2 atom stereocenters. The number of hydrogen-bond donors (Lipinski definition) is 2. The molecule has 1 aliphatic rings. The Bertz CT molecular complexity index is 646. The van der Waals surface area contributed by atoms with Crippen molar-refractivity contribution in [2.24, 2.45) is 0 Å². The fourth-order valence-electron chi connectivity index (χ4n) is 2.66. The fourth-order valence-corrected chi connectivity index (χ4v) is 2.66. The van der Waals surface area contributed by atoms with Crippen LogP contribution in [0.1, 0.15) is 48.9 Å². The minimum Gasteiger partial charge on any atom is -0.368 e. The molecule has 0 spiro atoms. The number of nitrogen functional groups attached to an aromatic ring is 1. The van der Waals surface area contributed by atoms with Crippen LogP contribution >= 0.6 is 0 Å². The van der Waals surface area contributed by atoms with Crippen LogP contribution in [0, 0.1) is 0 Å². The quantitative estimate of drug-likeness (QED) is 0.904. The van der Waals surface area contributed by atoms with Gasteiger partial charge in [-0.1, -0.05) is 31.2 Å². The van der Waals surface area contributed by atoms with Gasteiger partial charge < -0.3 is 11.1 Å². The molecule has 6 heteroatoms. The lowest BCUT2D eigenvalue weighted by Crippen LogP contribution is -2.14. The van der Waals surface area contributed by atoms with Crippen LogP contribution in [0.3, 0.4) is 0 Å². The summed E-state index contributed by atoms with van der Waals surface area (Å²) in [4.78, 5) is 12.1. The molecule has 0 saturated heterocycles. The van der Waals surface area contributed by atoms with E-state index in [1.54, 1.807) is 6.92 Å². The Morgan fingerprint density at radius 3 is 2.95 bits per heavy atom. The second-order valence-electron chi connectivity index (χ2n) is 5.19. The van der Waals surface area contributed by atoms with Gasteiger partial charge in [-0.3, -0.25) is 0 Å². The Hall–Kier alpha value is -2.24. The van der Waals surface area contributed by atoms with Gasteiger partial charge >= 0.3 is 0 Å². The molecule has 1 aromatic carbocycles. The highest BCUT2D eigenvalue weighted by atomic mass is 19.1. The molecule has 0 aliphatic heterocycles. The van der Waals surface area contributed by atoms with Gasteiger partial charge in [0, 0.05) is 0 Å². The second kappa shape index (κ2) is 5.63. The van der Waals surface area contributed by atoms with Crippen LogP contribution in [0.15, 0.2) is 24.3 Å². The molecule has 0 radical (unpaired) electrons. The summed E-state index contributed by atoms with van der Waals surface area (Å²) in [6.07, 6.45) is 1.08. The van der Waals surface area contributed by atoms with E-state index in [2.05, 4.69) is 32.4 Å². The number of nitrogens with one attached hydrogen (secondary N) is 1. The van der Waals surface area contributed by atoms with Crippen molar-refractivity contribution in [3.05, 3.63) is 41.2 Å². The van der Waals surface area contributed by atoms with Crippen LogP contribution in [0.5, 0.6) is 0 Å². The smallest absolute Gasteiger partial charge is 0.228 e. The number of nitrogens with two attached hydrogens (primary N) is 1. The number of anilines is 2. The molecule has 110 valence electrons. The van der Waals surface area contributed by atoms with E-state index in [1.807, 2.05) is 12.1 Å². The summed E-state index contributed by atoms with van der Waals surface area (Å²) < 4.78 is 13.7. The molecular formula is C15H18FN5. The number of nitrogens with zero attached hydrogens (tertiary/aromatic N) is 3. The maximum absolute atomic E-state index is 13.7. The van der Waals surface area contributed by atoms with Gasteiger partial charge in [0.15, 0.2) is 12.0 Å². The lowest BCUT2D eigenvalue weighted by Gasteiger charge is -2.15. The van der Waals surface area contributed by atoms with Gasteiger partial charge in [-0.25, -0.2) is 4.39 Å². The van der Waals surface area contributed by atoms with Crippen LogP contribution in [-0.4, -0.2) is 15.0 Å². The third-order valence-electron chi connectivity index (χ3n) is 3.74. The van der Waals surface area contributed by atoms with Crippen molar-refractivity contribution >= 4 is 11.9 Å². The summed E-state index contributed by atoms with van der Waals surface area (Å²) in [5, 5.41) is 3.25. The van der Waals surface area contributed by atoms with Crippen molar-refractivity contribution < 1.29 is 4.39 Å². The predicted octanol–water partition coefficient (Wildman–Crippen LogP) is 2.97. The summed E-state index contributed by atoms with van der Waals surface area (Å²) in [6, 6.07) is 8.40. The SMILES string of the molecule is CCC(F)c1nc(N)nc(NC2CCc3ccccc32)n1. The van der Waals surface area contributed by atoms with Gasteiger partial charge in [-0.2, -0.15) is 15.0 Å². The zero-order valence-electron chi connectivity index (χ0n) is 11.9. The molecule has 2 unspecified atom stereocenters. The summed E-state index contributed by atoms with van der Waals surface area (Å²) >= 11 is 0. The van der Waals surface area contributed by atoms with Gasteiger partial charge in [-0.15, -0.1) is 0 Å². The number of alkyl halides is 1. The zero-order valence-corrected chi connectivity index (χ0v) is 11.9. The Labute approximate surface area is 122 Å². The molecule has 21 heavy (non-hydrogen) atoms. The highest BCUT2D eigenvalue weighted by Gasteiger charge is 2.23. The molecule has 3 N–H and O–H groups in total. The minimum atomic E-state index is -1.22. The van der Waals surface area contributed by atoms with E-state index in [-0.39, 0.29) is 17.8 Å². The largest absolute Gasteiger partial charge is 0.368 e. The van der Waals surface area contributed by atoms with Gasteiger partial charge in [0.1, 0.15) is 0 Å². The number of aromatic nitrogens is 3. The summed E-state index contributed by atoms with van der Waals surface area (Å²) in [5.41, 5.74) is 8.22. The zero-order chi connectivity index (χ0) is 14.8. The van der Waals surface area contributed by atoms with Crippen LogP contribution in [0.4, 0.5) is 16.3 Å². The van der Waals surface area contributed by atoms with E-state index < -0.39 is 6.17 Å². The molecule has 1 heterocycles. The molecule has 2 aromatic rings. The Kier molecular flexibility index (Phi) is 3.68. The summed E-state index contributed by atoms with van der Waals surface area (Å²) in [6.45, 7) is 1.74. The molecular weight excluding hydrogens is 269 g/mol. The highest BCUT2D eigenvalue weighted by molar-refractivity contribution is 5.41. The van der Waals surface area contributed by atoms with Crippen molar-refractivity contribution in [1.29, 1.82) is 0 Å². The molecule has 3 rings (SSSR count). The van der Waals surface area contributed by atoms with E-state index in [9.17, 15) is 4.39 Å². The Balaban J connectivity index is 1.84. The van der Waals surface area contributed by atoms with Crippen molar-refractivity contribution in [2.75, 3.05) is 11.1 Å². The van der Waals surface area contributed by atoms with Crippen LogP contribution < -0.4 is 11.1 Å². The lowest BCUT2D eigenvalue weighted by atomic mass is 10.1. The summed E-state index contributed by atoms with van der Waals surface area (Å²) in [5.74, 6) is 0.485. The van der Waals surface area contributed by atoms with Gasteiger partial charge in [0.05, 0.1) is 6.04 Å². The summed E-state index contributed by atoms with van der Waals surface area (Å²) in [7, 11) is 0. The van der Waals surface area contributed by atoms with E-state index in [0.29, 0.717) is 12.4 Å². The van der Waals surface area contributed by atoms with Crippen LogP contribution in [-0.2, 0) is 6.42 Å². The maximum Gasteiger partial charge on any atom is 0.228 e. The molecule has 0 saturated carbocycles. The van der Waals surface area contributed by atoms with Gasteiger partial charge in [0.2, 0.25) is 11.9 Å². The van der Waals surface area contributed by atoms with Crippen molar-refractivity contribution in [1.82, 2.24) is 15.0 Å². The molecule has 5 nitrogen and oxygen atoms in total. The van der Waals surface area contributed by atoms with Crippen molar-refractivity contribution in [3.63, 3.8) is 0 Å². The van der Waals surface area contributed by atoms with Crippen molar-refractivity contribution in [3.8, 4) is 0 Å². The van der Waals surface area contributed by atoms with E-state index >= 15 is 0 Å². The molecule has 1 aliphatic carbocycles. The van der Waals surface area contributed by atoms with E-state index in [0.717, 1.165) is 12.8 Å². The number of halogens is 1.